The van der Waals surface area contributed by atoms with Crippen molar-refractivity contribution in [1.29, 1.82) is 0 Å². The first-order valence-corrected chi connectivity index (χ1v) is 7.78. The average molecular weight is 313 g/mol. The van der Waals surface area contributed by atoms with Gasteiger partial charge < -0.3 is 5.32 Å². The fraction of sp³-hybridized carbons (Fsp3) is 0.533. The molecule has 2 aliphatic rings. The zero-order valence-electron chi connectivity index (χ0n) is 11.5. The monoisotopic (exact) mass is 312 g/mol. The van der Waals surface area contributed by atoms with Crippen LogP contribution in [-0.4, -0.2) is 29.6 Å². The number of nitrogens with one attached hydrogen (secondary N) is 1. The number of piperidine rings is 1. The van der Waals surface area contributed by atoms with E-state index in [1.54, 1.807) is 18.2 Å². The number of fused-ring (bicyclic) bond motifs is 2. The third-order valence-corrected chi connectivity index (χ3v) is 5.51. The molecule has 1 amide bonds. The fourth-order valence-electron chi connectivity index (χ4n) is 3.53. The zero-order chi connectivity index (χ0) is 14.3. The lowest BCUT2D eigenvalue weighted by molar-refractivity contribution is 0.0437. The maximum Gasteiger partial charge on any atom is 0.252 e. The van der Waals surface area contributed by atoms with Crippen molar-refractivity contribution < 1.29 is 4.79 Å². The van der Waals surface area contributed by atoms with Gasteiger partial charge in [-0.05, 0) is 57.4 Å². The lowest BCUT2D eigenvalue weighted by atomic mass is 9.97. The van der Waals surface area contributed by atoms with Crippen LogP contribution in [-0.2, 0) is 0 Å². The van der Waals surface area contributed by atoms with E-state index in [9.17, 15) is 4.79 Å². The molecular weight excluding hydrogens is 295 g/mol. The molecule has 0 aliphatic carbocycles. The Balaban J connectivity index is 1.80. The van der Waals surface area contributed by atoms with E-state index in [1.807, 2.05) is 0 Å². The van der Waals surface area contributed by atoms with E-state index in [2.05, 4.69) is 17.3 Å². The van der Waals surface area contributed by atoms with Crippen LogP contribution in [0.1, 0.15) is 42.5 Å². The summed E-state index contributed by atoms with van der Waals surface area (Å²) in [7, 11) is 2.12. The van der Waals surface area contributed by atoms with E-state index < -0.39 is 0 Å². The van der Waals surface area contributed by atoms with Gasteiger partial charge in [0.05, 0.1) is 15.7 Å². The standard InChI is InChI=1S/C15H18Cl2N2O/c1-19-11-3-2-7-15(19,8-6-11)18-14(20)10-4-5-12(16)13(17)9-10/h4-5,9,11H,2-3,6-8H2,1H3,(H,18,20). The average Bonchev–Trinajstić information content (AvgIpc) is 2.62. The maximum absolute atomic E-state index is 12.5. The van der Waals surface area contributed by atoms with Gasteiger partial charge in [0.15, 0.2) is 0 Å². The smallest absolute Gasteiger partial charge is 0.252 e. The molecule has 2 fully saturated rings. The number of rotatable bonds is 2. The van der Waals surface area contributed by atoms with Crippen LogP contribution in [0.15, 0.2) is 18.2 Å². The summed E-state index contributed by atoms with van der Waals surface area (Å²) in [6.07, 6.45) is 5.63. The Hall–Kier alpha value is -0.770. The van der Waals surface area contributed by atoms with Crippen molar-refractivity contribution in [3.8, 4) is 0 Å². The minimum absolute atomic E-state index is 0.0713. The summed E-state index contributed by atoms with van der Waals surface area (Å²) in [4.78, 5) is 14.8. The SMILES string of the molecule is CN1C2CCCC1(NC(=O)c1ccc(Cl)c(Cl)c1)CC2. The molecule has 0 aromatic heterocycles. The second-order valence-corrected chi connectivity index (χ2v) is 6.62. The van der Waals surface area contributed by atoms with Crippen molar-refractivity contribution in [2.24, 2.45) is 0 Å². The van der Waals surface area contributed by atoms with Crippen LogP contribution in [0.4, 0.5) is 0 Å². The highest BCUT2D eigenvalue weighted by molar-refractivity contribution is 6.42. The van der Waals surface area contributed by atoms with Gasteiger partial charge in [0, 0.05) is 11.6 Å². The minimum Gasteiger partial charge on any atom is -0.334 e. The number of carbonyl (C=O) groups excluding carboxylic acids is 1. The van der Waals surface area contributed by atoms with Crippen LogP contribution in [0.25, 0.3) is 0 Å². The molecule has 2 aliphatic heterocycles. The van der Waals surface area contributed by atoms with E-state index in [0.29, 0.717) is 21.7 Å². The summed E-state index contributed by atoms with van der Waals surface area (Å²) >= 11 is 11.9. The molecule has 2 atom stereocenters. The van der Waals surface area contributed by atoms with Gasteiger partial charge in [-0.25, -0.2) is 0 Å². The summed E-state index contributed by atoms with van der Waals surface area (Å²) < 4.78 is 0. The normalized spacial score (nSPS) is 29.4. The first-order chi connectivity index (χ1) is 9.52. The summed E-state index contributed by atoms with van der Waals surface area (Å²) in [5.41, 5.74) is 0.391. The largest absolute Gasteiger partial charge is 0.334 e. The highest BCUT2D eigenvalue weighted by Crippen LogP contribution is 2.41. The van der Waals surface area contributed by atoms with Crippen molar-refractivity contribution in [3.05, 3.63) is 33.8 Å². The summed E-state index contributed by atoms with van der Waals surface area (Å²) in [5.74, 6) is -0.0713. The Morgan fingerprint density at radius 3 is 2.85 bits per heavy atom. The first kappa shape index (κ1) is 14.2. The van der Waals surface area contributed by atoms with Crippen molar-refractivity contribution in [2.75, 3.05) is 7.05 Å². The molecule has 2 unspecified atom stereocenters. The maximum atomic E-state index is 12.5. The van der Waals surface area contributed by atoms with Gasteiger partial charge in [-0.15, -0.1) is 0 Å². The van der Waals surface area contributed by atoms with Crippen LogP contribution in [0.3, 0.4) is 0 Å². The quantitative estimate of drug-likeness (QED) is 0.903. The molecule has 2 heterocycles. The van der Waals surface area contributed by atoms with Crippen molar-refractivity contribution in [3.63, 3.8) is 0 Å². The van der Waals surface area contributed by atoms with E-state index >= 15 is 0 Å². The number of benzene rings is 1. The van der Waals surface area contributed by atoms with Gasteiger partial charge in [0.1, 0.15) is 0 Å². The Bertz CT molecular complexity index is 545. The molecule has 2 saturated heterocycles. The molecule has 0 radical (unpaired) electrons. The third-order valence-electron chi connectivity index (χ3n) is 4.77. The predicted molar refractivity (Wildman–Crippen MR) is 81.3 cm³/mol. The van der Waals surface area contributed by atoms with Gasteiger partial charge in [-0.1, -0.05) is 23.2 Å². The van der Waals surface area contributed by atoms with Crippen molar-refractivity contribution in [1.82, 2.24) is 10.2 Å². The molecule has 108 valence electrons. The van der Waals surface area contributed by atoms with Gasteiger partial charge >= 0.3 is 0 Å². The van der Waals surface area contributed by atoms with Crippen molar-refractivity contribution in [2.45, 2.75) is 43.8 Å². The molecule has 2 bridgehead atoms. The van der Waals surface area contributed by atoms with E-state index in [-0.39, 0.29) is 11.6 Å². The molecular formula is C15H18Cl2N2O. The van der Waals surface area contributed by atoms with E-state index in [4.69, 9.17) is 23.2 Å². The van der Waals surface area contributed by atoms with Crippen LogP contribution >= 0.6 is 23.2 Å². The second kappa shape index (κ2) is 5.21. The number of hydrogen-bond donors (Lipinski definition) is 1. The minimum atomic E-state index is -0.174. The first-order valence-electron chi connectivity index (χ1n) is 7.02. The molecule has 5 heteroatoms. The van der Waals surface area contributed by atoms with Crippen LogP contribution in [0.2, 0.25) is 10.0 Å². The third kappa shape index (κ3) is 2.32. The molecule has 0 saturated carbocycles. The van der Waals surface area contributed by atoms with Gasteiger partial charge in [0.2, 0.25) is 0 Å². The molecule has 1 aromatic carbocycles. The summed E-state index contributed by atoms with van der Waals surface area (Å²) in [5, 5.41) is 4.11. The molecule has 1 aromatic rings. The summed E-state index contributed by atoms with van der Waals surface area (Å²) in [6.45, 7) is 0. The molecule has 1 N–H and O–H groups in total. The number of halogens is 2. The highest BCUT2D eigenvalue weighted by atomic mass is 35.5. The predicted octanol–water partition coefficient (Wildman–Crippen LogP) is 3.70. The number of carbonyl (C=O) groups is 1. The van der Waals surface area contributed by atoms with Gasteiger partial charge in [-0.3, -0.25) is 9.69 Å². The lowest BCUT2D eigenvalue weighted by Gasteiger charge is -2.43. The Morgan fingerprint density at radius 1 is 1.30 bits per heavy atom. The van der Waals surface area contributed by atoms with Crippen LogP contribution < -0.4 is 5.32 Å². The highest BCUT2D eigenvalue weighted by Gasteiger charge is 2.47. The zero-order valence-corrected chi connectivity index (χ0v) is 13.0. The van der Waals surface area contributed by atoms with E-state index in [1.165, 1.54) is 12.8 Å². The fourth-order valence-corrected chi connectivity index (χ4v) is 3.83. The van der Waals surface area contributed by atoms with Crippen LogP contribution in [0.5, 0.6) is 0 Å². The topological polar surface area (TPSA) is 32.3 Å². The molecule has 3 rings (SSSR count). The van der Waals surface area contributed by atoms with Crippen LogP contribution in [0, 0.1) is 0 Å². The number of amides is 1. The second-order valence-electron chi connectivity index (χ2n) is 5.81. The Kier molecular flexibility index (Phi) is 3.69. The molecule has 3 nitrogen and oxygen atoms in total. The van der Waals surface area contributed by atoms with Crippen molar-refractivity contribution >= 4 is 29.1 Å². The molecule has 0 spiro atoms. The lowest BCUT2D eigenvalue weighted by Crippen LogP contribution is -2.59. The molecule has 20 heavy (non-hydrogen) atoms. The van der Waals surface area contributed by atoms with E-state index in [0.717, 1.165) is 19.3 Å². The Morgan fingerprint density at radius 2 is 2.10 bits per heavy atom. The summed E-state index contributed by atoms with van der Waals surface area (Å²) in [6, 6.07) is 5.62. The number of nitrogens with zero attached hydrogens (tertiary/aromatic N) is 1. The number of hydrogen-bond acceptors (Lipinski definition) is 2. The van der Waals surface area contributed by atoms with Gasteiger partial charge in [0.25, 0.3) is 5.91 Å². The van der Waals surface area contributed by atoms with Gasteiger partial charge in [-0.2, -0.15) is 0 Å². The Labute approximate surface area is 129 Å².